The fourth-order valence-electron chi connectivity index (χ4n) is 6.23. The zero-order valence-electron chi connectivity index (χ0n) is 33.0. The Bertz CT molecular complexity index is 2090. The Hall–Kier alpha value is -5.04. The third-order valence-electron chi connectivity index (χ3n) is 9.26. The van der Waals surface area contributed by atoms with Crippen LogP contribution in [-0.2, 0) is 41.8 Å². The second-order valence-corrected chi connectivity index (χ2v) is 14.6. The molecule has 0 radical (unpaired) electrons. The summed E-state index contributed by atoms with van der Waals surface area (Å²) in [6.07, 6.45) is 0.652. The molecule has 0 bridgehead atoms. The van der Waals surface area contributed by atoms with E-state index in [0.29, 0.717) is 35.8 Å². The summed E-state index contributed by atoms with van der Waals surface area (Å²) in [6.45, 7) is 0.150. The average Bonchev–Trinajstić information content (AvgIpc) is 3.82. The number of guanidine groups is 2. The van der Waals surface area contributed by atoms with E-state index in [1.54, 1.807) is 74.9 Å². The first-order chi connectivity index (χ1) is 28.9. The molecule has 16 nitrogen and oxygen atoms in total. The van der Waals surface area contributed by atoms with Crippen LogP contribution in [0.5, 0.6) is 23.0 Å². The topological polar surface area (TPSA) is 157 Å². The van der Waals surface area contributed by atoms with Crippen molar-refractivity contribution < 1.29 is 57.5 Å². The average molecular weight is 909 g/mol. The van der Waals surface area contributed by atoms with Crippen molar-refractivity contribution in [1.29, 1.82) is 0 Å². The number of hydroxylamine groups is 8. The Morgan fingerprint density at radius 3 is 1.28 bits per heavy atom. The highest BCUT2D eigenvalue weighted by Gasteiger charge is 2.53. The van der Waals surface area contributed by atoms with E-state index < -0.39 is 21.6 Å². The smallest absolute Gasteiger partial charge is 0.485 e. The molecule has 4 aromatic rings. The van der Waals surface area contributed by atoms with Crippen LogP contribution >= 0.6 is 46.4 Å². The number of benzene rings is 4. The molecule has 0 amide bonds. The monoisotopic (exact) mass is 906 g/mol. The molecule has 2 atom stereocenters. The lowest BCUT2D eigenvalue weighted by Gasteiger charge is -2.29. The van der Waals surface area contributed by atoms with Crippen LogP contribution < -0.4 is 29.6 Å². The zero-order valence-corrected chi connectivity index (χ0v) is 36.0. The number of carbonyl (C=O) groups is 2. The van der Waals surface area contributed by atoms with Gasteiger partial charge in [-0.1, -0.05) is 70.7 Å². The Morgan fingerprint density at radius 2 is 0.933 bits per heavy atom. The minimum absolute atomic E-state index is 0.00743. The first kappa shape index (κ1) is 44.5. The Morgan fingerprint density at radius 1 is 0.567 bits per heavy atom. The van der Waals surface area contributed by atoms with Gasteiger partial charge >= 0.3 is 23.9 Å². The van der Waals surface area contributed by atoms with Crippen LogP contribution in [0.25, 0.3) is 0 Å². The van der Waals surface area contributed by atoms with Crippen LogP contribution in [0.1, 0.15) is 11.1 Å². The van der Waals surface area contributed by atoms with Crippen LogP contribution in [0.15, 0.2) is 82.8 Å². The fraction of sp³-hybridized carbons (Fsp3) is 0.300. The number of halogens is 4. The van der Waals surface area contributed by atoms with E-state index in [1.807, 2.05) is 12.1 Å². The third-order valence-corrected chi connectivity index (χ3v) is 10.5. The quantitative estimate of drug-likeness (QED) is 0.0845. The molecule has 0 aromatic heterocycles. The van der Waals surface area contributed by atoms with Gasteiger partial charge in [0.05, 0.1) is 69.5 Å². The van der Waals surface area contributed by atoms with E-state index in [4.69, 9.17) is 84.7 Å². The molecule has 0 saturated heterocycles. The number of carbonyl (C=O) groups excluding carboxylic acids is 2. The van der Waals surface area contributed by atoms with E-state index in [2.05, 4.69) is 20.6 Å². The number of aliphatic imine (C=N–C) groups is 2. The number of para-hydroxylation sites is 2. The SMILES string of the molecule is COc1ccc(CCO[N+]2(OC(=O)C(=O)O[N+]3(OCCc4ccc(OC)c(OC)c4)CCN=C3Nc3c(Cl)cccc3Cl)CCN=C2Nc2c(Cl)cccc2Cl)cc1OC. The number of nitrogens with one attached hydrogen (secondary N) is 2. The lowest BCUT2D eigenvalue weighted by molar-refractivity contribution is -1.17. The third kappa shape index (κ3) is 10.1. The maximum atomic E-state index is 14.0. The molecule has 6 rings (SSSR count). The highest BCUT2D eigenvalue weighted by Crippen LogP contribution is 2.35. The van der Waals surface area contributed by atoms with Gasteiger partial charge in [-0.15, -0.1) is 9.68 Å². The van der Waals surface area contributed by atoms with Gasteiger partial charge in [0.15, 0.2) is 36.1 Å². The molecule has 318 valence electrons. The van der Waals surface area contributed by atoms with E-state index in [1.165, 1.54) is 14.2 Å². The summed E-state index contributed by atoms with van der Waals surface area (Å²) < 4.78 is 21.6. The summed E-state index contributed by atoms with van der Waals surface area (Å²) in [5, 5.41) is 7.13. The molecule has 2 heterocycles. The van der Waals surface area contributed by atoms with Crippen molar-refractivity contribution in [3.8, 4) is 23.0 Å². The number of methoxy groups -OCH3 is 4. The lowest BCUT2D eigenvalue weighted by atomic mass is 10.1. The van der Waals surface area contributed by atoms with Gasteiger partial charge in [-0.25, -0.2) is 29.2 Å². The number of rotatable bonds is 16. The van der Waals surface area contributed by atoms with E-state index in [9.17, 15) is 9.59 Å². The van der Waals surface area contributed by atoms with Crippen molar-refractivity contribution in [2.75, 3.05) is 78.5 Å². The van der Waals surface area contributed by atoms with Gasteiger partial charge in [0.1, 0.15) is 26.3 Å². The van der Waals surface area contributed by atoms with E-state index in [0.717, 1.165) is 11.1 Å². The number of hydrogen-bond acceptors (Lipinski definition) is 14. The van der Waals surface area contributed by atoms with Crippen molar-refractivity contribution in [3.63, 3.8) is 0 Å². The van der Waals surface area contributed by atoms with Crippen LogP contribution in [0.2, 0.25) is 20.1 Å². The van der Waals surface area contributed by atoms with E-state index in [-0.39, 0.29) is 82.8 Å². The van der Waals surface area contributed by atoms with Crippen LogP contribution in [0, 0.1) is 0 Å². The summed E-state index contributed by atoms with van der Waals surface area (Å²) in [6, 6.07) is 20.6. The molecule has 0 fully saturated rings. The molecule has 0 aliphatic carbocycles. The summed E-state index contributed by atoms with van der Waals surface area (Å²) in [7, 11) is 6.14. The molecule has 2 aliphatic heterocycles. The molecular weight excluding hydrogens is 866 g/mol. The minimum atomic E-state index is -1.44. The maximum Gasteiger partial charge on any atom is 0.485 e. The van der Waals surface area contributed by atoms with Crippen molar-refractivity contribution >= 4 is 81.6 Å². The van der Waals surface area contributed by atoms with Gasteiger partial charge in [0.25, 0.3) is 0 Å². The Kier molecular flexibility index (Phi) is 14.8. The number of hydrogen-bond donors (Lipinski definition) is 2. The van der Waals surface area contributed by atoms with Gasteiger partial charge in [0, 0.05) is 12.8 Å². The molecule has 0 spiro atoms. The van der Waals surface area contributed by atoms with Crippen LogP contribution in [0.4, 0.5) is 11.4 Å². The normalized spacial score (nSPS) is 18.3. The molecule has 0 saturated carbocycles. The van der Waals surface area contributed by atoms with Crippen molar-refractivity contribution in [1.82, 2.24) is 0 Å². The first-order valence-electron chi connectivity index (χ1n) is 18.4. The molecule has 4 aromatic carbocycles. The lowest BCUT2D eigenvalue weighted by Crippen LogP contribution is -2.58. The second-order valence-electron chi connectivity index (χ2n) is 13.0. The molecule has 2 aliphatic rings. The van der Waals surface area contributed by atoms with Crippen LogP contribution in [-0.4, -0.2) is 101 Å². The highest BCUT2D eigenvalue weighted by atomic mass is 35.5. The van der Waals surface area contributed by atoms with Gasteiger partial charge in [0.2, 0.25) is 0 Å². The van der Waals surface area contributed by atoms with Crippen molar-refractivity contribution in [2.45, 2.75) is 12.8 Å². The molecule has 60 heavy (non-hydrogen) atoms. The molecule has 2 N–H and O–H groups in total. The predicted molar refractivity (Wildman–Crippen MR) is 226 cm³/mol. The fourth-order valence-corrected chi connectivity index (χ4v) is 7.21. The summed E-state index contributed by atoms with van der Waals surface area (Å²) in [5.41, 5.74) is 2.20. The van der Waals surface area contributed by atoms with Crippen molar-refractivity contribution in [3.05, 3.63) is 104 Å². The number of quaternary nitrogens is 2. The summed E-state index contributed by atoms with van der Waals surface area (Å²) in [4.78, 5) is 59.4. The standard InChI is InChI=1S/C40H42Cl4N6O10/c1-53-31-13-11-25(23-33(31)55-3)15-21-57-49(19-17-45-39(49)47-35-27(41)7-5-8-28(35)42)59-37(51)38(52)60-50(58-22-16-26-12-14-32(54-2)34(24-26)56-4)20-18-46-40(50)48-36-29(43)9-6-10-30(36)44/h5-14,23-24H,15-22H2,1-4H3,(H,45,47)(H,46,48)/q+2. The number of anilines is 2. The number of ether oxygens (including phenoxy) is 4. The van der Waals surface area contributed by atoms with Crippen molar-refractivity contribution in [2.24, 2.45) is 9.98 Å². The molecule has 2 unspecified atom stereocenters. The van der Waals surface area contributed by atoms with Gasteiger partial charge in [-0.2, -0.15) is 0 Å². The minimum Gasteiger partial charge on any atom is -0.493 e. The Labute approximate surface area is 366 Å². The second kappa shape index (κ2) is 20.0. The van der Waals surface area contributed by atoms with Gasteiger partial charge < -0.3 is 18.9 Å². The molecular formula is C40H42Cl4N6O10+2. The first-order valence-corrected chi connectivity index (χ1v) is 19.9. The Balaban J connectivity index is 1.26. The molecule has 20 heteroatoms. The maximum absolute atomic E-state index is 14.0. The summed E-state index contributed by atoms with van der Waals surface area (Å²) >= 11 is 26.0. The summed E-state index contributed by atoms with van der Waals surface area (Å²) in [5.74, 6) is -0.754. The van der Waals surface area contributed by atoms with Gasteiger partial charge in [-0.3, -0.25) is 10.6 Å². The largest absolute Gasteiger partial charge is 0.493 e. The highest BCUT2D eigenvalue weighted by molar-refractivity contribution is 6.40. The zero-order chi connectivity index (χ0) is 42.9. The predicted octanol–water partition coefficient (Wildman–Crippen LogP) is 7.50. The van der Waals surface area contributed by atoms with Crippen LogP contribution in [0.3, 0.4) is 0 Å². The van der Waals surface area contributed by atoms with E-state index >= 15 is 0 Å². The van der Waals surface area contributed by atoms with Gasteiger partial charge in [-0.05, 0) is 59.7 Å². The number of nitrogens with zero attached hydrogens (tertiary/aromatic N) is 4.